The molecule has 126 valence electrons. The van der Waals surface area contributed by atoms with Crippen LogP contribution in [-0.4, -0.2) is 16.1 Å². The van der Waals surface area contributed by atoms with E-state index in [2.05, 4.69) is 15.5 Å². The van der Waals surface area contributed by atoms with E-state index < -0.39 is 23.5 Å². The van der Waals surface area contributed by atoms with E-state index in [1.54, 1.807) is 24.3 Å². The molecule has 1 amide bonds. The van der Waals surface area contributed by atoms with Crippen molar-refractivity contribution in [2.75, 3.05) is 5.32 Å². The fourth-order valence-electron chi connectivity index (χ4n) is 2.90. The fourth-order valence-corrected chi connectivity index (χ4v) is 2.90. The summed E-state index contributed by atoms with van der Waals surface area (Å²) in [5.74, 6) is -1.93. The number of nitrogens with one attached hydrogen (secondary N) is 1. The van der Waals surface area contributed by atoms with Gasteiger partial charge >= 0.3 is 0 Å². The second-order valence-corrected chi connectivity index (χ2v) is 5.89. The Bertz CT molecular complexity index is 890. The second-order valence-electron chi connectivity index (χ2n) is 5.89. The van der Waals surface area contributed by atoms with Gasteiger partial charge in [0.15, 0.2) is 0 Å². The van der Waals surface area contributed by atoms with Crippen LogP contribution < -0.4 is 5.32 Å². The molecule has 0 saturated heterocycles. The molecule has 0 spiro atoms. The van der Waals surface area contributed by atoms with Crippen LogP contribution in [0, 0.1) is 17.6 Å². The van der Waals surface area contributed by atoms with Crippen molar-refractivity contribution in [3.63, 3.8) is 0 Å². The van der Waals surface area contributed by atoms with E-state index in [1.807, 2.05) is 0 Å². The highest BCUT2D eigenvalue weighted by molar-refractivity contribution is 5.95. The highest BCUT2D eigenvalue weighted by Gasteiger charge is 2.46. The molecule has 5 nitrogen and oxygen atoms in total. The number of hydrogen-bond donors (Lipinski definition) is 1. The van der Waals surface area contributed by atoms with Gasteiger partial charge in [-0.2, -0.15) is 0 Å². The van der Waals surface area contributed by atoms with Crippen LogP contribution in [0.15, 0.2) is 53.3 Å². The van der Waals surface area contributed by atoms with Crippen LogP contribution in [0.5, 0.6) is 0 Å². The van der Waals surface area contributed by atoms with E-state index in [9.17, 15) is 13.6 Å². The quantitative estimate of drug-likeness (QED) is 0.785. The van der Waals surface area contributed by atoms with Crippen LogP contribution in [0.4, 0.5) is 14.5 Å². The lowest BCUT2D eigenvalue weighted by molar-refractivity contribution is -0.117. The third-order valence-electron chi connectivity index (χ3n) is 4.26. The topological polar surface area (TPSA) is 68.0 Å². The van der Waals surface area contributed by atoms with Crippen molar-refractivity contribution in [1.82, 2.24) is 10.2 Å². The maximum Gasteiger partial charge on any atom is 0.247 e. The number of benzene rings is 2. The zero-order valence-corrected chi connectivity index (χ0v) is 12.9. The highest BCUT2D eigenvalue weighted by atomic mass is 19.1. The monoisotopic (exact) mass is 341 g/mol. The zero-order chi connectivity index (χ0) is 17.4. The summed E-state index contributed by atoms with van der Waals surface area (Å²) in [6.07, 6.45) is 1.67. The normalized spacial score (nSPS) is 18.8. The van der Waals surface area contributed by atoms with Crippen LogP contribution in [0.1, 0.15) is 17.9 Å². The molecule has 1 fully saturated rings. The van der Waals surface area contributed by atoms with E-state index in [0.29, 0.717) is 18.0 Å². The number of carbonyl (C=O) groups excluding carboxylic acids is 1. The summed E-state index contributed by atoms with van der Waals surface area (Å²) in [5.41, 5.74) is 1.32. The molecule has 4 rings (SSSR count). The highest BCUT2D eigenvalue weighted by Crippen LogP contribution is 2.49. The van der Waals surface area contributed by atoms with Gasteiger partial charge in [0.25, 0.3) is 0 Å². The fraction of sp³-hybridized carbons (Fsp3) is 0.167. The third-order valence-corrected chi connectivity index (χ3v) is 4.26. The maximum atomic E-state index is 13.8. The summed E-state index contributed by atoms with van der Waals surface area (Å²) in [4.78, 5) is 12.3. The molecule has 0 bridgehead atoms. The average molecular weight is 341 g/mol. The van der Waals surface area contributed by atoms with E-state index in [-0.39, 0.29) is 11.5 Å². The molecular weight excluding hydrogens is 328 g/mol. The first-order chi connectivity index (χ1) is 12.1. The number of amides is 1. The molecule has 0 aliphatic heterocycles. The second kappa shape index (κ2) is 6.08. The average Bonchev–Trinajstić information content (AvgIpc) is 3.18. The number of nitrogens with zero attached hydrogens (tertiary/aromatic N) is 2. The Kier molecular flexibility index (Phi) is 3.76. The number of halogens is 2. The Morgan fingerprint density at radius 3 is 2.48 bits per heavy atom. The summed E-state index contributed by atoms with van der Waals surface area (Å²) in [6, 6.07) is 10.6. The van der Waals surface area contributed by atoms with Crippen LogP contribution in [0.3, 0.4) is 0 Å². The zero-order valence-electron chi connectivity index (χ0n) is 12.9. The van der Waals surface area contributed by atoms with Gasteiger partial charge in [-0.25, -0.2) is 8.78 Å². The molecule has 3 aromatic rings. The number of carbonyl (C=O) groups is 1. The van der Waals surface area contributed by atoms with Crippen molar-refractivity contribution in [2.24, 2.45) is 5.92 Å². The molecule has 7 heteroatoms. The minimum absolute atomic E-state index is 0.00519. The lowest BCUT2D eigenvalue weighted by Gasteiger charge is -2.07. The van der Waals surface area contributed by atoms with Crippen molar-refractivity contribution in [1.29, 1.82) is 0 Å². The summed E-state index contributed by atoms with van der Waals surface area (Å²) in [7, 11) is 0. The summed E-state index contributed by atoms with van der Waals surface area (Å²) in [5, 5.41) is 10.2. The predicted octanol–water partition coefficient (Wildman–Crippen LogP) is 3.76. The first-order valence-electron chi connectivity index (χ1n) is 7.75. The van der Waals surface area contributed by atoms with Crippen molar-refractivity contribution < 1.29 is 18.0 Å². The van der Waals surface area contributed by atoms with Crippen molar-refractivity contribution in [3.05, 3.63) is 66.1 Å². The summed E-state index contributed by atoms with van der Waals surface area (Å²) >= 11 is 0. The largest absolute Gasteiger partial charge is 0.423 e. The van der Waals surface area contributed by atoms with Gasteiger partial charge < -0.3 is 9.73 Å². The van der Waals surface area contributed by atoms with Crippen molar-refractivity contribution >= 4 is 11.6 Å². The predicted molar refractivity (Wildman–Crippen MR) is 85.6 cm³/mol. The molecular formula is C18H13F2N3O2. The maximum absolute atomic E-state index is 13.8. The molecule has 1 aliphatic carbocycles. The minimum atomic E-state index is -0.607. The third kappa shape index (κ3) is 3.00. The number of rotatable bonds is 4. The number of anilines is 1. The molecule has 0 unspecified atom stereocenters. The molecule has 1 aromatic heterocycles. The molecule has 1 heterocycles. The Hall–Kier alpha value is -3.09. The van der Waals surface area contributed by atoms with Gasteiger partial charge in [0.2, 0.25) is 18.2 Å². The van der Waals surface area contributed by atoms with Gasteiger partial charge in [-0.15, -0.1) is 10.2 Å². The molecule has 2 aromatic carbocycles. The van der Waals surface area contributed by atoms with Gasteiger partial charge in [0.1, 0.15) is 11.6 Å². The lowest BCUT2D eigenvalue weighted by atomic mass is 10.1. The van der Waals surface area contributed by atoms with E-state index in [1.165, 1.54) is 24.6 Å². The first kappa shape index (κ1) is 15.4. The number of aromatic nitrogens is 2. The Balaban J connectivity index is 1.43. The molecule has 25 heavy (non-hydrogen) atoms. The van der Waals surface area contributed by atoms with E-state index in [0.717, 1.165) is 5.56 Å². The van der Waals surface area contributed by atoms with Gasteiger partial charge in [-0.1, -0.05) is 6.07 Å². The molecule has 1 saturated carbocycles. The Morgan fingerprint density at radius 1 is 1.12 bits per heavy atom. The van der Waals surface area contributed by atoms with Crippen molar-refractivity contribution in [2.45, 2.75) is 12.3 Å². The van der Waals surface area contributed by atoms with Crippen LogP contribution in [0.2, 0.25) is 0 Å². The molecule has 2 atom stereocenters. The smallest absolute Gasteiger partial charge is 0.247 e. The van der Waals surface area contributed by atoms with E-state index >= 15 is 0 Å². The SMILES string of the molecule is O=C(Nc1ccc(-c2nnco2)cc1)[C@H]1C[C@H]1c1c(F)cccc1F. The Labute approximate surface area is 141 Å². The standard InChI is InChI=1S/C18H13F2N3O2/c19-14-2-1-3-15(20)16(14)12-8-13(12)17(24)22-11-6-4-10(5-7-11)18-23-21-9-25-18/h1-7,9,12-13H,8H2,(H,22,24)/t12-,13+/m1/s1. The number of hydrogen-bond acceptors (Lipinski definition) is 4. The van der Waals surface area contributed by atoms with Gasteiger partial charge in [-0.3, -0.25) is 4.79 Å². The van der Waals surface area contributed by atoms with Crippen molar-refractivity contribution in [3.8, 4) is 11.5 Å². The van der Waals surface area contributed by atoms with Gasteiger partial charge in [0, 0.05) is 28.7 Å². The van der Waals surface area contributed by atoms with Crippen LogP contribution in [0.25, 0.3) is 11.5 Å². The first-order valence-corrected chi connectivity index (χ1v) is 7.75. The lowest BCUT2D eigenvalue weighted by Crippen LogP contribution is -2.14. The van der Waals surface area contributed by atoms with Gasteiger partial charge in [-0.05, 0) is 42.8 Å². The summed E-state index contributed by atoms with van der Waals surface area (Å²) < 4.78 is 32.7. The molecule has 0 radical (unpaired) electrons. The van der Waals surface area contributed by atoms with Crippen LogP contribution >= 0.6 is 0 Å². The van der Waals surface area contributed by atoms with Crippen LogP contribution in [-0.2, 0) is 4.79 Å². The molecule has 1 aliphatic rings. The Morgan fingerprint density at radius 2 is 1.84 bits per heavy atom. The minimum Gasteiger partial charge on any atom is -0.423 e. The summed E-state index contributed by atoms with van der Waals surface area (Å²) in [6.45, 7) is 0. The van der Waals surface area contributed by atoms with Gasteiger partial charge in [0.05, 0.1) is 0 Å². The van der Waals surface area contributed by atoms with E-state index in [4.69, 9.17) is 4.42 Å². The molecule has 1 N–H and O–H groups in total.